The van der Waals surface area contributed by atoms with Crippen molar-refractivity contribution in [1.82, 2.24) is 0 Å². The fourth-order valence-electron chi connectivity index (χ4n) is 3.16. The molecule has 4 rings (SSSR count). The molecule has 3 aromatic carbocycles. The van der Waals surface area contributed by atoms with E-state index in [-0.39, 0.29) is 18.3 Å². The van der Waals surface area contributed by atoms with Crippen LogP contribution in [0.4, 0.5) is 10.1 Å². The Bertz CT molecular complexity index is 1270. The zero-order chi connectivity index (χ0) is 23.5. The van der Waals surface area contributed by atoms with Crippen molar-refractivity contribution in [2.45, 2.75) is 6.61 Å². The number of ether oxygens (including phenoxy) is 2. The summed E-state index contributed by atoms with van der Waals surface area (Å²) < 4.78 is 26.5. The van der Waals surface area contributed by atoms with Crippen LogP contribution in [0.15, 0.2) is 65.6 Å². The van der Waals surface area contributed by atoms with E-state index >= 15 is 0 Å². The molecular weight excluding hydrogens is 596 g/mol. The van der Waals surface area contributed by atoms with Crippen molar-refractivity contribution in [1.29, 1.82) is 0 Å². The van der Waals surface area contributed by atoms with Gasteiger partial charge in [0.1, 0.15) is 12.4 Å². The summed E-state index contributed by atoms with van der Waals surface area (Å²) >= 11 is 14.7. The van der Waals surface area contributed by atoms with Gasteiger partial charge >= 0.3 is 0 Å². The number of methoxy groups -OCH3 is 1. The van der Waals surface area contributed by atoms with Gasteiger partial charge in [-0.25, -0.2) is 4.39 Å². The predicted molar refractivity (Wildman–Crippen MR) is 144 cm³/mol. The van der Waals surface area contributed by atoms with Crippen LogP contribution in [0.3, 0.4) is 0 Å². The molecule has 0 saturated carbocycles. The van der Waals surface area contributed by atoms with Crippen LogP contribution < -0.4 is 14.4 Å². The monoisotopic (exact) mass is 611 g/mol. The maximum absolute atomic E-state index is 13.9. The summed E-state index contributed by atoms with van der Waals surface area (Å²) in [4.78, 5) is 15.0. The van der Waals surface area contributed by atoms with E-state index < -0.39 is 0 Å². The first-order chi connectivity index (χ1) is 15.9. The summed E-state index contributed by atoms with van der Waals surface area (Å²) in [5.74, 6) is 0.455. The summed E-state index contributed by atoms with van der Waals surface area (Å²) in [5.41, 5.74) is 1.87. The van der Waals surface area contributed by atoms with Gasteiger partial charge in [0.25, 0.3) is 5.91 Å². The quantitative estimate of drug-likeness (QED) is 0.169. The van der Waals surface area contributed by atoms with Crippen molar-refractivity contribution in [3.05, 3.63) is 91.1 Å². The summed E-state index contributed by atoms with van der Waals surface area (Å²) in [6.07, 6.45) is 1.76. The molecule has 0 bridgehead atoms. The van der Waals surface area contributed by atoms with Crippen LogP contribution in [-0.4, -0.2) is 17.3 Å². The van der Waals surface area contributed by atoms with E-state index in [9.17, 15) is 9.18 Å². The van der Waals surface area contributed by atoms with Crippen LogP contribution in [0.2, 0.25) is 5.02 Å². The largest absolute Gasteiger partial charge is 0.493 e. The molecule has 1 fully saturated rings. The van der Waals surface area contributed by atoms with E-state index in [4.69, 9.17) is 33.3 Å². The first-order valence-corrected chi connectivity index (χ1v) is 12.3. The third kappa shape index (κ3) is 5.34. The molecule has 1 heterocycles. The number of rotatable bonds is 6. The third-order valence-electron chi connectivity index (χ3n) is 4.76. The Labute approximate surface area is 218 Å². The van der Waals surface area contributed by atoms with Gasteiger partial charge in [0.05, 0.1) is 21.3 Å². The lowest BCUT2D eigenvalue weighted by Crippen LogP contribution is -2.27. The average molecular weight is 612 g/mol. The molecule has 33 heavy (non-hydrogen) atoms. The lowest BCUT2D eigenvalue weighted by atomic mass is 10.1. The molecule has 1 aliphatic rings. The zero-order valence-corrected chi connectivity index (χ0v) is 21.7. The molecular formula is C24H16ClFINO3S2. The molecule has 1 amide bonds. The summed E-state index contributed by atoms with van der Waals surface area (Å²) in [7, 11) is 1.53. The number of nitrogens with zero attached hydrogens (tertiary/aromatic N) is 1. The summed E-state index contributed by atoms with van der Waals surface area (Å²) in [6, 6.07) is 17.0. The molecule has 168 valence electrons. The van der Waals surface area contributed by atoms with Crippen LogP contribution >= 0.6 is 58.2 Å². The fraction of sp³-hybridized carbons (Fsp3) is 0.0833. The first-order valence-electron chi connectivity index (χ1n) is 9.64. The topological polar surface area (TPSA) is 38.8 Å². The second-order valence-electron chi connectivity index (χ2n) is 6.91. The van der Waals surface area contributed by atoms with E-state index in [0.29, 0.717) is 37.0 Å². The van der Waals surface area contributed by atoms with Gasteiger partial charge in [0, 0.05) is 10.6 Å². The molecule has 0 N–H and O–H groups in total. The predicted octanol–water partition coefficient (Wildman–Crippen LogP) is 7.08. The number of benzene rings is 3. The lowest BCUT2D eigenvalue weighted by molar-refractivity contribution is -0.113. The Morgan fingerprint density at radius 1 is 1.18 bits per heavy atom. The van der Waals surface area contributed by atoms with Crippen molar-refractivity contribution in [3.8, 4) is 11.5 Å². The summed E-state index contributed by atoms with van der Waals surface area (Å²) in [6.45, 7) is 0.0676. The van der Waals surface area contributed by atoms with Crippen molar-refractivity contribution in [3.63, 3.8) is 0 Å². The SMILES string of the molecule is COc1cc(/C=C2\SC(=S)N(c3ccc(Cl)cc3)C2=O)cc(I)c1OCc1ccccc1F. The molecule has 0 aromatic heterocycles. The smallest absolute Gasteiger partial charge is 0.270 e. The Morgan fingerprint density at radius 3 is 2.61 bits per heavy atom. The minimum atomic E-state index is -0.328. The first kappa shape index (κ1) is 24.0. The van der Waals surface area contributed by atoms with Gasteiger partial charge in [0.15, 0.2) is 15.8 Å². The Morgan fingerprint density at radius 2 is 1.91 bits per heavy atom. The van der Waals surface area contributed by atoms with Gasteiger partial charge in [-0.2, -0.15) is 0 Å². The molecule has 1 aliphatic heterocycles. The number of carbonyl (C=O) groups is 1. The van der Waals surface area contributed by atoms with E-state index in [0.717, 1.165) is 9.13 Å². The van der Waals surface area contributed by atoms with Gasteiger partial charge in [-0.05, 0) is 76.7 Å². The van der Waals surface area contributed by atoms with Crippen molar-refractivity contribution >= 4 is 80.2 Å². The number of hydrogen-bond acceptors (Lipinski definition) is 5. The molecule has 0 radical (unpaired) electrons. The minimum absolute atomic E-state index is 0.0676. The van der Waals surface area contributed by atoms with Crippen molar-refractivity contribution < 1.29 is 18.7 Å². The van der Waals surface area contributed by atoms with E-state index in [1.165, 1.54) is 29.8 Å². The second-order valence-corrected chi connectivity index (χ2v) is 10.2. The van der Waals surface area contributed by atoms with Crippen molar-refractivity contribution in [2.75, 3.05) is 12.0 Å². The highest BCUT2D eigenvalue weighted by atomic mass is 127. The van der Waals surface area contributed by atoms with E-state index in [1.54, 1.807) is 54.6 Å². The maximum Gasteiger partial charge on any atom is 0.270 e. The number of thioether (sulfide) groups is 1. The Balaban J connectivity index is 1.58. The van der Waals surface area contributed by atoms with Gasteiger partial charge in [-0.15, -0.1) is 0 Å². The number of hydrogen-bond donors (Lipinski definition) is 0. The molecule has 3 aromatic rings. The number of thiocarbonyl (C=S) groups is 1. The number of halogens is 3. The molecule has 0 atom stereocenters. The Hall–Kier alpha value is -2.14. The normalized spacial score (nSPS) is 14.8. The molecule has 4 nitrogen and oxygen atoms in total. The van der Waals surface area contributed by atoms with Gasteiger partial charge in [-0.1, -0.05) is 53.8 Å². The van der Waals surface area contributed by atoms with Crippen LogP contribution in [0.25, 0.3) is 6.08 Å². The average Bonchev–Trinajstić information content (AvgIpc) is 3.07. The number of amides is 1. The molecule has 0 spiro atoms. The molecule has 0 aliphatic carbocycles. The highest BCUT2D eigenvalue weighted by Gasteiger charge is 2.33. The van der Waals surface area contributed by atoms with E-state index in [1.807, 2.05) is 6.07 Å². The van der Waals surface area contributed by atoms with Gasteiger partial charge < -0.3 is 9.47 Å². The highest BCUT2D eigenvalue weighted by Crippen LogP contribution is 2.39. The highest BCUT2D eigenvalue weighted by molar-refractivity contribution is 14.1. The molecule has 9 heteroatoms. The van der Waals surface area contributed by atoms with Crippen LogP contribution in [0.1, 0.15) is 11.1 Å². The second kappa shape index (κ2) is 10.4. The van der Waals surface area contributed by atoms with Crippen molar-refractivity contribution in [2.24, 2.45) is 0 Å². The Kier molecular flexibility index (Phi) is 7.58. The number of carbonyl (C=O) groups excluding carboxylic acids is 1. The molecule has 1 saturated heterocycles. The standard InChI is InChI=1S/C24H16ClFINO3S2/c1-30-20-11-14(10-19(27)22(20)31-13-15-4-2-3-5-18(15)26)12-21-23(29)28(24(32)33-21)17-8-6-16(25)7-9-17/h2-12H,13H2,1H3/b21-12-. The van der Waals surface area contributed by atoms with Crippen LogP contribution in [0, 0.1) is 9.39 Å². The molecule has 0 unspecified atom stereocenters. The fourth-order valence-corrected chi connectivity index (χ4v) is 5.37. The van der Waals surface area contributed by atoms with Crippen LogP contribution in [-0.2, 0) is 11.4 Å². The third-order valence-corrected chi connectivity index (χ3v) is 7.11. The minimum Gasteiger partial charge on any atom is -0.493 e. The van der Waals surface area contributed by atoms with Crippen LogP contribution in [0.5, 0.6) is 11.5 Å². The zero-order valence-electron chi connectivity index (χ0n) is 17.2. The summed E-state index contributed by atoms with van der Waals surface area (Å²) in [5, 5.41) is 0.582. The van der Waals surface area contributed by atoms with Gasteiger partial charge in [-0.3, -0.25) is 9.69 Å². The van der Waals surface area contributed by atoms with Gasteiger partial charge in [0.2, 0.25) is 0 Å². The van der Waals surface area contributed by atoms with E-state index in [2.05, 4.69) is 22.6 Å². The maximum atomic E-state index is 13.9. The lowest BCUT2D eigenvalue weighted by Gasteiger charge is -2.15. The number of anilines is 1.